The summed E-state index contributed by atoms with van der Waals surface area (Å²) in [6.07, 6.45) is -2.12. The minimum absolute atomic E-state index is 0.0534. The van der Waals surface area contributed by atoms with E-state index in [2.05, 4.69) is 10.2 Å². The van der Waals surface area contributed by atoms with E-state index in [9.17, 15) is 13.2 Å². The summed E-state index contributed by atoms with van der Waals surface area (Å²) in [7, 11) is 1.52. The number of nitrogens with zero attached hydrogens (tertiary/aromatic N) is 3. The van der Waals surface area contributed by atoms with Crippen molar-refractivity contribution in [2.24, 2.45) is 7.05 Å². The summed E-state index contributed by atoms with van der Waals surface area (Å²) in [6, 6.07) is 6.58. The molecular formula is C14H10ClF3N4S. The predicted molar refractivity (Wildman–Crippen MR) is 83.2 cm³/mol. The normalized spacial score (nSPS) is 11.9. The van der Waals surface area contributed by atoms with Gasteiger partial charge in [0.15, 0.2) is 10.6 Å². The number of nitrogens with one attached hydrogen (secondary N) is 1. The molecule has 23 heavy (non-hydrogen) atoms. The van der Waals surface area contributed by atoms with E-state index in [1.807, 2.05) is 0 Å². The molecule has 4 nitrogen and oxygen atoms in total. The van der Waals surface area contributed by atoms with Crippen LogP contribution in [0.5, 0.6) is 0 Å². The number of halogens is 4. The van der Waals surface area contributed by atoms with Crippen molar-refractivity contribution in [3.05, 3.63) is 52.0 Å². The molecular weight excluding hydrogens is 349 g/mol. The molecule has 3 rings (SSSR count). The van der Waals surface area contributed by atoms with Crippen molar-refractivity contribution >= 4 is 23.8 Å². The minimum atomic E-state index is -4.49. The highest BCUT2D eigenvalue weighted by Gasteiger charge is 2.36. The lowest BCUT2D eigenvalue weighted by atomic mass is 10.2. The molecule has 0 aliphatic rings. The van der Waals surface area contributed by atoms with Crippen LogP contribution in [0.15, 0.2) is 36.7 Å². The first kappa shape index (κ1) is 15.8. The summed E-state index contributed by atoms with van der Waals surface area (Å²) in [4.78, 5) is 0. The van der Waals surface area contributed by atoms with Crippen LogP contribution in [0.1, 0.15) is 5.56 Å². The van der Waals surface area contributed by atoms with Gasteiger partial charge in [-0.2, -0.15) is 18.3 Å². The number of hydrogen-bond donors (Lipinski definition) is 1. The van der Waals surface area contributed by atoms with Gasteiger partial charge in [0.25, 0.3) is 0 Å². The fourth-order valence-electron chi connectivity index (χ4n) is 2.30. The van der Waals surface area contributed by atoms with Crippen LogP contribution < -0.4 is 0 Å². The van der Waals surface area contributed by atoms with Crippen LogP contribution in [0.25, 0.3) is 17.1 Å². The number of hydrogen-bond acceptors (Lipinski definition) is 2. The molecule has 0 saturated carbocycles. The molecule has 0 saturated heterocycles. The Morgan fingerprint density at radius 1 is 1.17 bits per heavy atom. The maximum atomic E-state index is 13.2. The first-order valence-electron chi connectivity index (χ1n) is 6.44. The zero-order valence-corrected chi connectivity index (χ0v) is 13.3. The third-order valence-corrected chi connectivity index (χ3v) is 3.78. The van der Waals surface area contributed by atoms with E-state index in [0.29, 0.717) is 10.7 Å². The summed E-state index contributed by atoms with van der Waals surface area (Å²) in [6.45, 7) is 0. The molecule has 0 aliphatic heterocycles. The van der Waals surface area contributed by atoms with Crippen molar-refractivity contribution < 1.29 is 13.2 Å². The molecule has 3 aromatic rings. The molecule has 0 amide bonds. The van der Waals surface area contributed by atoms with Gasteiger partial charge in [0, 0.05) is 30.0 Å². The Morgan fingerprint density at radius 2 is 1.83 bits per heavy atom. The molecule has 2 aromatic heterocycles. The third-order valence-electron chi connectivity index (χ3n) is 3.26. The van der Waals surface area contributed by atoms with Crippen LogP contribution in [-0.4, -0.2) is 19.3 Å². The van der Waals surface area contributed by atoms with E-state index in [0.717, 1.165) is 6.20 Å². The van der Waals surface area contributed by atoms with Crippen molar-refractivity contribution in [1.82, 2.24) is 19.3 Å². The van der Waals surface area contributed by atoms with Crippen molar-refractivity contribution in [1.29, 1.82) is 0 Å². The van der Waals surface area contributed by atoms with Gasteiger partial charge in [-0.15, -0.1) is 0 Å². The molecule has 0 atom stereocenters. The predicted octanol–water partition coefficient (Wildman–Crippen LogP) is 4.61. The average molecular weight is 359 g/mol. The van der Waals surface area contributed by atoms with Gasteiger partial charge < -0.3 is 4.57 Å². The molecule has 2 heterocycles. The third kappa shape index (κ3) is 2.91. The summed E-state index contributed by atoms with van der Waals surface area (Å²) >= 11 is 11.0. The van der Waals surface area contributed by atoms with Gasteiger partial charge in [0.05, 0.1) is 11.3 Å². The lowest BCUT2D eigenvalue weighted by molar-refractivity contribution is -0.137. The van der Waals surface area contributed by atoms with E-state index in [1.54, 1.807) is 24.3 Å². The quantitative estimate of drug-likeness (QED) is 0.679. The maximum absolute atomic E-state index is 13.2. The SMILES string of the molecule is Cn1cc(-c2n[nH]c(=S)n2-c2ccc(Cl)cc2)c(C(F)(F)F)c1. The van der Waals surface area contributed by atoms with Gasteiger partial charge in [-0.1, -0.05) is 11.6 Å². The molecule has 120 valence electrons. The largest absolute Gasteiger partial charge is 0.418 e. The van der Waals surface area contributed by atoms with E-state index in [-0.39, 0.29) is 16.2 Å². The Kier molecular flexibility index (Phi) is 3.81. The van der Waals surface area contributed by atoms with Crippen molar-refractivity contribution in [3.63, 3.8) is 0 Å². The summed E-state index contributed by atoms with van der Waals surface area (Å²) in [5.41, 5.74) is -0.258. The zero-order valence-electron chi connectivity index (χ0n) is 11.7. The van der Waals surface area contributed by atoms with Crippen LogP contribution >= 0.6 is 23.8 Å². The highest BCUT2D eigenvalue weighted by molar-refractivity contribution is 7.71. The second-order valence-corrected chi connectivity index (χ2v) is 5.74. The van der Waals surface area contributed by atoms with Crippen molar-refractivity contribution in [2.75, 3.05) is 0 Å². The van der Waals surface area contributed by atoms with Gasteiger partial charge in [-0.25, -0.2) is 0 Å². The molecule has 1 aromatic carbocycles. The Labute approximate surface area is 139 Å². The Hall–Kier alpha value is -2.06. The molecule has 0 unspecified atom stereocenters. The second-order valence-electron chi connectivity index (χ2n) is 4.91. The number of aromatic amines is 1. The highest BCUT2D eigenvalue weighted by Crippen LogP contribution is 2.37. The Bertz CT molecular complexity index is 905. The molecule has 0 fully saturated rings. The second kappa shape index (κ2) is 5.54. The van der Waals surface area contributed by atoms with E-state index in [4.69, 9.17) is 23.8 Å². The first-order chi connectivity index (χ1) is 10.8. The number of rotatable bonds is 2. The number of aromatic nitrogens is 4. The topological polar surface area (TPSA) is 38.5 Å². The highest BCUT2D eigenvalue weighted by atomic mass is 35.5. The fraction of sp³-hybridized carbons (Fsp3) is 0.143. The van der Waals surface area contributed by atoms with Crippen LogP contribution in [-0.2, 0) is 13.2 Å². The van der Waals surface area contributed by atoms with Gasteiger partial charge >= 0.3 is 6.18 Å². The van der Waals surface area contributed by atoms with E-state index < -0.39 is 11.7 Å². The summed E-state index contributed by atoms with van der Waals surface area (Å²) in [5.74, 6) is 0.0882. The lowest BCUT2D eigenvalue weighted by Gasteiger charge is -2.09. The molecule has 0 bridgehead atoms. The van der Waals surface area contributed by atoms with Crippen LogP contribution in [0.4, 0.5) is 13.2 Å². The van der Waals surface area contributed by atoms with Crippen LogP contribution in [0.2, 0.25) is 5.02 Å². The van der Waals surface area contributed by atoms with Crippen LogP contribution in [0, 0.1) is 4.77 Å². The molecule has 1 N–H and O–H groups in total. The van der Waals surface area contributed by atoms with Gasteiger partial charge in [-0.3, -0.25) is 9.67 Å². The summed E-state index contributed by atoms with van der Waals surface area (Å²) in [5, 5.41) is 7.03. The lowest BCUT2D eigenvalue weighted by Crippen LogP contribution is -2.07. The zero-order chi connectivity index (χ0) is 16.8. The first-order valence-corrected chi connectivity index (χ1v) is 7.23. The Balaban J connectivity index is 2.24. The number of aryl methyl sites for hydroxylation is 1. The monoisotopic (exact) mass is 358 g/mol. The molecule has 0 aliphatic carbocycles. The molecule has 0 radical (unpaired) electrons. The van der Waals surface area contributed by atoms with Gasteiger partial charge in [0.1, 0.15) is 0 Å². The van der Waals surface area contributed by atoms with Crippen molar-refractivity contribution in [2.45, 2.75) is 6.18 Å². The fourth-order valence-corrected chi connectivity index (χ4v) is 2.66. The maximum Gasteiger partial charge on any atom is 0.418 e. The average Bonchev–Trinajstić information content (AvgIpc) is 3.02. The van der Waals surface area contributed by atoms with E-state index >= 15 is 0 Å². The van der Waals surface area contributed by atoms with E-state index in [1.165, 1.54) is 22.4 Å². The molecule has 9 heteroatoms. The number of alkyl halides is 3. The van der Waals surface area contributed by atoms with Gasteiger partial charge in [0.2, 0.25) is 0 Å². The standard InChI is InChI=1S/C14H10ClF3N4S/c1-21-6-10(11(7-21)14(16,17)18)12-19-20-13(23)22(12)9-4-2-8(15)3-5-9/h2-7H,1H3,(H,20,23). The smallest absolute Gasteiger partial charge is 0.356 e. The number of H-pyrrole nitrogens is 1. The minimum Gasteiger partial charge on any atom is -0.356 e. The Morgan fingerprint density at radius 3 is 2.43 bits per heavy atom. The van der Waals surface area contributed by atoms with Crippen molar-refractivity contribution in [3.8, 4) is 17.1 Å². The molecule has 0 spiro atoms. The van der Waals surface area contributed by atoms with Crippen LogP contribution in [0.3, 0.4) is 0 Å². The summed E-state index contributed by atoms with van der Waals surface area (Å²) < 4.78 is 42.7. The van der Waals surface area contributed by atoms with Gasteiger partial charge in [-0.05, 0) is 36.5 Å². The number of benzene rings is 1.